The van der Waals surface area contributed by atoms with Crippen LogP contribution in [0.2, 0.25) is 0 Å². The van der Waals surface area contributed by atoms with Crippen LogP contribution in [-0.2, 0) is 4.74 Å². The quantitative estimate of drug-likeness (QED) is 0.678. The molecule has 0 aromatic heterocycles. The van der Waals surface area contributed by atoms with Gasteiger partial charge in [0.2, 0.25) is 0 Å². The summed E-state index contributed by atoms with van der Waals surface area (Å²) in [5, 5.41) is 0. The van der Waals surface area contributed by atoms with Crippen molar-refractivity contribution in [3.63, 3.8) is 0 Å². The van der Waals surface area contributed by atoms with E-state index in [1.807, 2.05) is 6.07 Å². The Morgan fingerprint density at radius 2 is 2.10 bits per heavy atom. The lowest BCUT2D eigenvalue weighted by Gasteiger charge is -2.27. The smallest absolute Gasteiger partial charge is 0.337 e. The third kappa shape index (κ3) is 2.60. The monoisotopic (exact) mass is 276 g/mol. The van der Waals surface area contributed by atoms with Crippen molar-refractivity contribution in [3.05, 3.63) is 23.8 Å². The molecule has 1 aromatic carbocycles. The average Bonchev–Trinajstić information content (AvgIpc) is 2.91. The normalized spacial score (nSPS) is 17.2. The van der Waals surface area contributed by atoms with Crippen molar-refractivity contribution in [1.82, 2.24) is 0 Å². The van der Waals surface area contributed by atoms with Crippen molar-refractivity contribution in [1.29, 1.82) is 0 Å². The van der Waals surface area contributed by atoms with E-state index in [4.69, 9.17) is 10.5 Å². The Morgan fingerprint density at radius 3 is 2.60 bits per heavy atom. The van der Waals surface area contributed by atoms with Crippen molar-refractivity contribution in [2.45, 2.75) is 33.1 Å². The average molecular weight is 276 g/mol. The highest BCUT2D eigenvalue weighted by atomic mass is 16.5. The van der Waals surface area contributed by atoms with Crippen LogP contribution in [0.5, 0.6) is 0 Å². The molecule has 4 heteroatoms. The van der Waals surface area contributed by atoms with Gasteiger partial charge in [-0.3, -0.25) is 0 Å². The van der Waals surface area contributed by atoms with Gasteiger partial charge in [-0.25, -0.2) is 4.79 Å². The molecule has 0 saturated carbocycles. The molecule has 1 aliphatic heterocycles. The number of rotatable bonds is 4. The number of ether oxygens (including phenoxy) is 1. The van der Waals surface area contributed by atoms with E-state index >= 15 is 0 Å². The largest absolute Gasteiger partial charge is 0.465 e. The molecule has 2 N–H and O–H groups in total. The van der Waals surface area contributed by atoms with E-state index in [1.54, 1.807) is 12.1 Å². The van der Waals surface area contributed by atoms with Gasteiger partial charge < -0.3 is 15.4 Å². The number of nitrogens with two attached hydrogens (primary N) is 1. The van der Waals surface area contributed by atoms with Gasteiger partial charge in [0.15, 0.2) is 0 Å². The molecular weight excluding hydrogens is 252 g/mol. The van der Waals surface area contributed by atoms with Gasteiger partial charge in [-0.05, 0) is 42.9 Å². The molecule has 0 aliphatic carbocycles. The minimum Gasteiger partial charge on any atom is -0.465 e. The Labute approximate surface area is 120 Å². The Hall–Kier alpha value is -1.71. The van der Waals surface area contributed by atoms with Gasteiger partial charge >= 0.3 is 5.97 Å². The van der Waals surface area contributed by atoms with E-state index in [2.05, 4.69) is 18.7 Å². The van der Waals surface area contributed by atoms with Gasteiger partial charge in [-0.15, -0.1) is 0 Å². The summed E-state index contributed by atoms with van der Waals surface area (Å²) in [5.74, 6) is -0.346. The van der Waals surface area contributed by atoms with Crippen molar-refractivity contribution in [2.24, 2.45) is 5.41 Å². The zero-order chi connectivity index (χ0) is 14.8. The van der Waals surface area contributed by atoms with E-state index < -0.39 is 0 Å². The lowest BCUT2D eigenvalue weighted by molar-refractivity contribution is 0.0601. The van der Waals surface area contributed by atoms with E-state index in [0.717, 1.165) is 18.8 Å². The van der Waals surface area contributed by atoms with Crippen molar-refractivity contribution < 1.29 is 9.53 Å². The van der Waals surface area contributed by atoms with Crippen LogP contribution >= 0.6 is 0 Å². The predicted octanol–water partition coefficient (Wildman–Crippen LogP) is 3.07. The number of esters is 1. The van der Waals surface area contributed by atoms with E-state index in [-0.39, 0.29) is 5.97 Å². The Bertz CT molecular complexity index is 495. The molecule has 2 rings (SSSR count). The summed E-state index contributed by atoms with van der Waals surface area (Å²) in [6, 6.07) is 5.43. The molecule has 1 aromatic rings. The summed E-state index contributed by atoms with van der Waals surface area (Å²) in [4.78, 5) is 13.8. The zero-order valence-corrected chi connectivity index (χ0v) is 12.6. The third-order valence-corrected chi connectivity index (χ3v) is 4.73. The molecule has 1 fully saturated rings. The molecule has 110 valence electrons. The van der Waals surface area contributed by atoms with Gasteiger partial charge in [-0.2, -0.15) is 0 Å². The fraction of sp³-hybridized carbons (Fsp3) is 0.562. The van der Waals surface area contributed by atoms with Crippen LogP contribution in [0.1, 0.15) is 43.5 Å². The summed E-state index contributed by atoms with van der Waals surface area (Å²) in [6.45, 7) is 6.60. The molecule has 0 atom stereocenters. The second-order valence-corrected chi connectivity index (χ2v) is 5.64. The van der Waals surface area contributed by atoms with E-state index in [1.165, 1.54) is 26.4 Å². The fourth-order valence-electron chi connectivity index (χ4n) is 3.06. The zero-order valence-electron chi connectivity index (χ0n) is 12.6. The minimum absolute atomic E-state index is 0.346. The minimum atomic E-state index is -0.346. The number of carbonyl (C=O) groups is 1. The maximum atomic E-state index is 11.5. The van der Waals surface area contributed by atoms with Gasteiger partial charge in [0, 0.05) is 13.1 Å². The molecule has 0 radical (unpaired) electrons. The third-order valence-electron chi connectivity index (χ3n) is 4.73. The summed E-state index contributed by atoms with van der Waals surface area (Å²) < 4.78 is 4.72. The van der Waals surface area contributed by atoms with Crippen LogP contribution in [0.15, 0.2) is 18.2 Å². The number of methoxy groups -OCH3 is 1. The van der Waals surface area contributed by atoms with Crippen LogP contribution < -0.4 is 10.6 Å². The maximum absolute atomic E-state index is 11.5. The molecule has 0 amide bonds. The summed E-state index contributed by atoms with van der Waals surface area (Å²) >= 11 is 0. The van der Waals surface area contributed by atoms with Gasteiger partial charge in [-0.1, -0.05) is 13.8 Å². The standard InChI is InChI=1S/C16H24N2O2/c1-4-16(5-2)8-9-18(11-16)14-7-6-12(10-13(14)17)15(19)20-3/h6-7,10H,4-5,8-9,11,17H2,1-3H3. The van der Waals surface area contributed by atoms with E-state index in [9.17, 15) is 4.79 Å². The first-order valence-corrected chi connectivity index (χ1v) is 7.28. The van der Waals surface area contributed by atoms with Crippen molar-refractivity contribution >= 4 is 17.3 Å². The fourth-order valence-corrected chi connectivity index (χ4v) is 3.06. The highest BCUT2D eigenvalue weighted by molar-refractivity contribution is 5.92. The number of benzene rings is 1. The Balaban J connectivity index is 2.21. The number of nitrogen functional groups attached to an aromatic ring is 1. The topological polar surface area (TPSA) is 55.6 Å². The molecule has 4 nitrogen and oxygen atoms in total. The van der Waals surface area contributed by atoms with Gasteiger partial charge in [0.1, 0.15) is 0 Å². The molecule has 1 heterocycles. The van der Waals surface area contributed by atoms with Crippen molar-refractivity contribution in [3.8, 4) is 0 Å². The number of carbonyl (C=O) groups excluding carboxylic acids is 1. The summed E-state index contributed by atoms with van der Waals surface area (Å²) in [7, 11) is 1.38. The first kappa shape index (κ1) is 14.7. The Kier molecular flexibility index (Phi) is 4.21. The number of hydrogen-bond acceptors (Lipinski definition) is 4. The molecule has 20 heavy (non-hydrogen) atoms. The van der Waals surface area contributed by atoms with E-state index in [0.29, 0.717) is 16.7 Å². The molecule has 1 saturated heterocycles. The van der Waals surface area contributed by atoms with Gasteiger partial charge in [0.25, 0.3) is 0 Å². The van der Waals surface area contributed by atoms with Crippen molar-refractivity contribution in [2.75, 3.05) is 30.8 Å². The van der Waals surface area contributed by atoms with Crippen LogP contribution in [0.25, 0.3) is 0 Å². The Morgan fingerprint density at radius 1 is 1.40 bits per heavy atom. The molecular formula is C16H24N2O2. The second-order valence-electron chi connectivity index (χ2n) is 5.64. The maximum Gasteiger partial charge on any atom is 0.337 e. The molecule has 0 spiro atoms. The number of hydrogen-bond donors (Lipinski definition) is 1. The lowest BCUT2D eigenvalue weighted by atomic mass is 9.82. The second kappa shape index (κ2) is 5.73. The summed E-state index contributed by atoms with van der Waals surface area (Å²) in [5.41, 5.74) is 8.71. The van der Waals surface area contributed by atoms with Crippen LogP contribution in [0.3, 0.4) is 0 Å². The first-order chi connectivity index (χ1) is 9.55. The highest BCUT2D eigenvalue weighted by Crippen LogP contribution is 2.40. The van der Waals surface area contributed by atoms with Crippen LogP contribution in [0.4, 0.5) is 11.4 Å². The predicted molar refractivity (Wildman–Crippen MR) is 82.0 cm³/mol. The molecule has 0 bridgehead atoms. The number of anilines is 2. The highest BCUT2D eigenvalue weighted by Gasteiger charge is 2.35. The summed E-state index contributed by atoms with van der Waals surface area (Å²) in [6.07, 6.45) is 3.60. The molecule has 1 aliphatic rings. The SMILES string of the molecule is CCC1(CC)CCN(c2ccc(C(=O)OC)cc2N)C1. The van der Waals surface area contributed by atoms with Crippen LogP contribution in [-0.4, -0.2) is 26.2 Å². The van der Waals surface area contributed by atoms with Gasteiger partial charge in [0.05, 0.1) is 24.0 Å². The lowest BCUT2D eigenvalue weighted by Crippen LogP contribution is -2.26. The van der Waals surface area contributed by atoms with Crippen LogP contribution in [0, 0.1) is 5.41 Å². The number of nitrogens with zero attached hydrogens (tertiary/aromatic N) is 1. The first-order valence-electron chi connectivity index (χ1n) is 7.28. The molecule has 0 unspecified atom stereocenters.